The van der Waals surface area contributed by atoms with Crippen LogP contribution in [0.4, 0.5) is 0 Å². The molecule has 0 heterocycles. The summed E-state index contributed by atoms with van der Waals surface area (Å²) in [6.07, 6.45) is 21.8. The smallest absolute Gasteiger partial charge is 0 e. The Morgan fingerprint density at radius 3 is 1.47 bits per heavy atom. The second-order valence-electron chi connectivity index (χ2n) is 4.79. The maximum Gasteiger partial charge on any atom is 0 e. The first-order valence-electron chi connectivity index (χ1n) is 7.83. The molecular weight excluding hydrogens is 500 g/mol. The minimum Gasteiger partial charge on any atom is -0.0312 e. The Morgan fingerprint density at radius 2 is 1.09 bits per heavy atom. The number of carbonyl (C=O) groups excluding carboxylic acids is 1. The third-order valence-electron chi connectivity index (χ3n) is 3.38. The molecule has 0 spiro atoms. The predicted molar refractivity (Wildman–Crippen MR) is 98.2 cm³/mol. The van der Waals surface area contributed by atoms with Gasteiger partial charge in [0, 0.05) is 64.9 Å². The third-order valence-corrected chi connectivity index (χ3v) is 3.38. The molecule has 1 unspecified atom stereocenters. The van der Waals surface area contributed by atoms with Crippen molar-refractivity contribution in [3.63, 3.8) is 0 Å². The van der Waals surface area contributed by atoms with Crippen LogP contribution in [-0.4, -0.2) is 12.4 Å². The molecular formula is C23H19Fe2O7. The molecule has 3 rings (SSSR count). The van der Waals surface area contributed by atoms with E-state index < -0.39 is 5.41 Å². The zero-order chi connectivity index (χ0) is 24.4. The summed E-state index contributed by atoms with van der Waals surface area (Å²) in [6.45, 7) is 27.0. The molecule has 0 saturated heterocycles. The van der Waals surface area contributed by atoms with E-state index in [-0.39, 0.29) is 39.9 Å². The first-order chi connectivity index (χ1) is 14.7. The van der Waals surface area contributed by atoms with Gasteiger partial charge in [-0.2, -0.15) is 0 Å². The summed E-state index contributed by atoms with van der Waals surface area (Å²) in [5, 5.41) is 0. The van der Waals surface area contributed by atoms with Crippen molar-refractivity contribution >= 4 is 5.78 Å². The Balaban J connectivity index is -0.0000000840. The van der Waals surface area contributed by atoms with Crippen LogP contribution in [-0.2, 0) is 66.9 Å². The molecule has 0 N–H and O–H groups in total. The predicted octanol–water partition coefficient (Wildman–Crippen LogP) is 2.79. The number of Topliss-reactive ketones (excluding diaryl/α,β-unsaturated/α-hetero) is 1. The van der Waals surface area contributed by atoms with Gasteiger partial charge in [0.25, 0.3) is 0 Å². The Labute approximate surface area is 214 Å². The number of ketones is 1. The van der Waals surface area contributed by atoms with Gasteiger partial charge in [0.05, 0.1) is 0 Å². The average molecular weight is 519 g/mol. The molecule has 0 bridgehead atoms. The summed E-state index contributed by atoms with van der Waals surface area (Å²) in [5.41, 5.74) is -0.534. The second kappa shape index (κ2) is 35.0. The SMILES string of the molecule is CCO[C]1[CH][CH]C2(C)[C]1[CH][CH][CH][CH]C2=O.[C-]#[O+].[C-]#[O+].[C-]#[O+].[C-]#[O+].[C-]#[O+].[CH]1[CH][CH][CH][CH]1.[Fe].[Fe]. The van der Waals surface area contributed by atoms with Crippen molar-refractivity contribution < 1.29 is 66.9 Å². The van der Waals surface area contributed by atoms with Crippen molar-refractivity contribution in [2.24, 2.45) is 5.41 Å². The van der Waals surface area contributed by atoms with Crippen molar-refractivity contribution in [3.05, 3.63) is 116 Å². The Kier molecular flexibility index (Phi) is 49.1. The fraction of sp³-hybridized carbons (Fsp3) is 0.174. The standard InChI is InChI=1S/C13H14O2.C5H5.5CO.2Fe/c1-3-15-11-8-9-13(2)10(11)6-4-5-7-12(13)14;1-2-4-5-3-1;5*1-2;;/h4-9H,3H2,1-2H3;1-5H;;;;;;;. The molecule has 0 aromatic rings. The van der Waals surface area contributed by atoms with Gasteiger partial charge in [-0.25, -0.2) is 0 Å². The van der Waals surface area contributed by atoms with Crippen LogP contribution < -0.4 is 0 Å². The number of rotatable bonds is 2. The first-order valence-corrected chi connectivity index (χ1v) is 7.83. The van der Waals surface area contributed by atoms with Gasteiger partial charge in [-0.05, 0) is 64.7 Å². The summed E-state index contributed by atoms with van der Waals surface area (Å²) in [4.78, 5) is 11.9. The van der Waals surface area contributed by atoms with Crippen LogP contribution in [0, 0.1) is 121 Å². The molecule has 3 aliphatic rings. The number of fused-ring (bicyclic) bond motifs is 1. The van der Waals surface area contributed by atoms with E-state index in [2.05, 4.69) is 33.3 Å². The quantitative estimate of drug-likeness (QED) is 0.316. The number of carbonyl (C=O) groups is 1. The minimum absolute atomic E-state index is 0. The average Bonchev–Trinajstić information content (AvgIpc) is 3.49. The molecule has 0 aliphatic heterocycles. The van der Waals surface area contributed by atoms with Gasteiger partial charge >= 0.3 is 56.5 Å². The van der Waals surface area contributed by atoms with Gasteiger partial charge in [0.15, 0.2) is 0 Å². The van der Waals surface area contributed by atoms with E-state index in [9.17, 15) is 4.79 Å². The van der Waals surface area contributed by atoms with Gasteiger partial charge in [-0.1, -0.05) is 6.92 Å². The van der Waals surface area contributed by atoms with Crippen LogP contribution in [0.25, 0.3) is 0 Å². The van der Waals surface area contributed by atoms with E-state index in [1.54, 1.807) is 12.8 Å². The van der Waals surface area contributed by atoms with Crippen molar-refractivity contribution in [2.75, 3.05) is 6.61 Å². The topological polar surface area (TPSA) is 126 Å². The summed E-state index contributed by atoms with van der Waals surface area (Å²) in [5.74, 6) is 1.06. The Bertz CT molecular complexity index is 468. The van der Waals surface area contributed by atoms with E-state index >= 15 is 0 Å². The maximum absolute atomic E-state index is 11.9. The number of ether oxygens (including phenoxy) is 1. The van der Waals surface area contributed by atoms with Gasteiger partial charge in [-0.15, -0.1) is 0 Å². The molecule has 0 amide bonds. The molecule has 13 radical (unpaired) electrons. The van der Waals surface area contributed by atoms with E-state index in [0.717, 1.165) is 12.0 Å². The number of hydrogen-bond acceptors (Lipinski definition) is 2. The van der Waals surface area contributed by atoms with E-state index in [0.29, 0.717) is 6.61 Å². The molecule has 1 atom stereocenters. The molecule has 32 heavy (non-hydrogen) atoms. The zero-order valence-corrected chi connectivity index (χ0v) is 19.3. The Morgan fingerprint density at radius 1 is 0.719 bits per heavy atom. The fourth-order valence-electron chi connectivity index (χ4n) is 2.22. The monoisotopic (exact) mass is 519 g/mol. The van der Waals surface area contributed by atoms with E-state index in [1.165, 1.54) is 0 Å². The molecule has 3 saturated carbocycles. The van der Waals surface area contributed by atoms with Crippen LogP contribution >= 0.6 is 0 Å². The summed E-state index contributed by atoms with van der Waals surface area (Å²) in [6, 6.07) is 0. The van der Waals surface area contributed by atoms with E-state index in [1.807, 2.05) is 71.6 Å². The van der Waals surface area contributed by atoms with Gasteiger partial charge in [-0.3, -0.25) is 4.79 Å². The van der Waals surface area contributed by atoms with Crippen LogP contribution in [0.15, 0.2) is 0 Å². The molecule has 3 aliphatic carbocycles. The Hall–Kier alpha value is -0.631. The molecule has 9 heteroatoms. The zero-order valence-electron chi connectivity index (χ0n) is 17.1. The molecule has 7 nitrogen and oxygen atoms in total. The first kappa shape index (κ1) is 45.0. The van der Waals surface area contributed by atoms with E-state index in [4.69, 9.17) is 28.0 Å². The molecule has 3 fully saturated rings. The van der Waals surface area contributed by atoms with Crippen LogP contribution in [0.1, 0.15) is 13.8 Å². The van der Waals surface area contributed by atoms with Gasteiger partial charge < -0.3 is 4.74 Å². The van der Waals surface area contributed by atoms with Crippen molar-refractivity contribution in [1.29, 1.82) is 0 Å². The summed E-state index contributed by atoms with van der Waals surface area (Å²) >= 11 is 0. The second-order valence-corrected chi connectivity index (χ2v) is 4.79. The maximum atomic E-state index is 11.9. The van der Waals surface area contributed by atoms with Crippen molar-refractivity contribution in [2.45, 2.75) is 13.8 Å². The van der Waals surface area contributed by atoms with Crippen LogP contribution in [0.5, 0.6) is 0 Å². The minimum atomic E-state index is -0.534. The molecule has 0 aromatic carbocycles. The third kappa shape index (κ3) is 17.9. The number of hydrogen-bond donors (Lipinski definition) is 0. The molecule has 0 aromatic heterocycles. The van der Waals surface area contributed by atoms with Crippen LogP contribution in [0.2, 0.25) is 0 Å². The summed E-state index contributed by atoms with van der Waals surface area (Å²) < 4.78 is 43.0. The van der Waals surface area contributed by atoms with Gasteiger partial charge in [0.1, 0.15) is 11.9 Å². The summed E-state index contributed by atoms with van der Waals surface area (Å²) in [7, 11) is 0. The fourth-order valence-corrected chi connectivity index (χ4v) is 2.22. The van der Waals surface area contributed by atoms with Gasteiger partial charge in [0.2, 0.25) is 0 Å². The van der Waals surface area contributed by atoms with Crippen LogP contribution in [0.3, 0.4) is 0 Å². The van der Waals surface area contributed by atoms with Crippen molar-refractivity contribution in [3.8, 4) is 0 Å². The molecule has 169 valence electrons. The normalized spacial score (nSPS) is 20.1. The van der Waals surface area contributed by atoms with Crippen molar-refractivity contribution in [1.82, 2.24) is 0 Å². The largest absolute Gasteiger partial charge is 0.0312 e.